The van der Waals surface area contributed by atoms with Crippen LogP contribution in [-0.4, -0.2) is 15.9 Å². The number of hydrogen-bond acceptors (Lipinski definition) is 2. The van der Waals surface area contributed by atoms with Crippen LogP contribution in [0, 0.1) is 13.8 Å². The van der Waals surface area contributed by atoms with E-state index in [4.69, 9.17) is 4.98 Å². The van der Waals surface area contributed by atoms with Gasteiger partial charge in [0.1, 0.15) is 5.65 Å². The second kappa shape index (κ2) is 4.15. The number of pyridine rings is 1. The molecule has 0 amide bonds. The largest absolute Gasteiger partial charge is 0.309 e. The van der Waals surface area contributed by atoms with Crippen LogP contribution in [0.1, 0.15) is 42.3 Å². The van der Waals surface area contributed by atoms with Gasteiger partial charge in [0.15, 0.2) is 0 Å². The van der Waals surface area contributed by atoms with E-state index in [0.717, 1.165) is 12.2 Å². The van der Waals surface area contributed by atoms with Crippen molar-refractivity contribution in [3.63, 3.8) is 0 Å². The molecule has 0 aromatic carbocycles. The highest BCUT2D eigenvalue weighted by atomic mass is 15.1. The van der Waals surface area contributed by atoms with Crippen molar-refractivity contribution < 1.29 is 0 Å². The van der Waals surface area contributed by atoms with Gasteiger partial charge in [-0.2, -0.15) is 0 Å². The lowest BCUT2D eigenvalue weighted by atomic mass is 10.0. The van der Waals surface area contributed by atoms with Crippen LogP contribution in [0.3, 0.4) is 0 Å². The summed E-state index contributed by atoms with van der Waals surface area (Å²) in [7, 11) is 0. The number of nitrogens with zero attached hydrogens (tertiary/aromatic N) is 2. The Morgan fingerprint density at radius 1 is 1.29 bits per heavy atom. The van der Waals surface area contributed by atoms with Gasteiger partial charge in [0.2, 0.25) is 0 Å². The highest BCUT2D eigenvalue weighted by Crippen LogP contribution is 2.25. The van der Waals surface area contributed by atoms with Crippen LogP contribution in [0.2, 0.25) is 0 Å². The van der Waals surface area contributed by atoms with Crippen molar-refractivity contribution in [3.05, 3.63) is 35.3 Å². The number of imidazole rings is 1. The molecule has 3 rings (SSSR count). The van der Waals surface area contributed by atoms with E-state index in [0.29, 0.717) is 6.04 Å². The van der Waals surface area contributed by atoms with Crippen LogP contribution in [0.25, 0.3) is 5.65 Å². The third-order valence-electron chi connectivity index (χ3n) is 3.68. The maximum absolute atomic E-state index is 4.78. The third kappa shape index (κ3) is 1.84. The minimum Gasteiger partial charge on any atom is -0.309 e. The molecule has 1 aliphatic heterocycles. The van der Waals surface area contributed by atoms with E-state index in [9.17, 15) is 0 Å². The first-order valence-electron chi connectivity index (χ1n) is 6.44. The third-order valence-corrected chi connectivity index (χ3v) is 3.68. The van der Waals surface area contributed by atoms with Crippen LogP contribution in [0.15, 0.2) is 18.3 Å². The first-order chi connectivity index (χ1) is 8.25. The first-order valence-corrected chi connectivity index (χ1v) is 6.44. The van der Waals surface area contributed by atoms with E-state index in [1.54, 1.807) is 0 Å². The fraction of sp³-hybridized carbons (Fsp3) is 0.500. The van der Waals surface area contributed by atoms with Crippen molar-refractivity contribution in [2.24, 2.45) is 0 Å². The molecule has 3 heterocycles. The Bertz CT molecular complexity index is 536. The van der Waals surface area contributed by atoms with Crippen molar-refractivity contribution in [2.45, 2.75) is 39.2 Å². The zero-order valence-corrected chi connectivity index (χ0v) is 10.5. The SMILES string of the molecule is Cc1ccc2nc(C3CCCCN3)c(C)n2c1. The molecule has 0 saturated carbocycles. The molecule has 90 valence electrons. The van der Waals surface area contributed by atoms with Crippen molar-refractivity contribution in [1.29, 1.82) is 0 Å². The highest BCUT2D eigenvalue weighted by Gasteiger charge is 2.20. The summed E-state index contributed by atoms with van der Waals surface area (Å²) < 4.78 is 2.21. The number of fused-ring (bicyclic) bond motifs is 1. The average Bonchev–Trinajstić information content (AvgIpc) is 2.68. The lowest BCUT2D eigenvalue weighted by Crippen LogP contribution is -2.27. The van der Waals surface area contributed by atoms with Crippen molar-refractivity contribution in [2.75, 3.05) is 6.54 Å². The van der Waals surface area contributed by atoms with E-state index in [1.807, 2.05) is 0 Å². The van der Waals surface area contributed by atoms with Gasteiger partial charge in [0.25, 0.3) is 0 Å². The number of hydrogen-bond donors (Lipinski definition) is 1. The Labute approximate surface area is 102 Å². The first kappa shape index (κ1) is 10.8. The fourth-order valence-electron chi connectivity index (χ4n) is 2.70. The molecule has 1 atom stereocenters. The fourth-order valence-corrected chi connectivity index (χ4v) is 2.70. The van der Waals surface area contributed by atoms with Crippen molar-refractivity contribution in [1.82, 2.24) is 14.7 Å². The molecule has 17 heavy (non-hydrogen) atoms. The van der Waals surface area contributed by atoms with Gasteiger partial charge in [0, 0.05) is 11.9 Å². The number of aromatic nitrogens is 2. The molecular weight excluding hydrogens is 210 g/mol. The predicted octanol–water partition coefficient (Wildman–Crippen LogP) is 2.77. The van der Waals surface area contributed by atoms with Crippen LogP contribution in [-0.2, 0) is 0 Å². The number of piperidine rings is 1. The van der Waals surface area contributed by atoms with E-state index in [2.05, 4.69) is 41.9 Å². The zero-order valence-electron chi connectivity index (χ0n) is 10.5. The summed E-state index contributed by atoms with van der Waals surface area (Å²) in [5.74, 6) is 0. The molecule has 0 radical (unpaired) electrons. The molecule has 0 spiro atoms. The lowest BCUT2D eigenvalue weighted by Gasteiger charge is -2.22. The van der Waals surface area contributed by atoms with Crippen molar-refractivity contribution >= 4 is 5.65 Å². The molecule has 2 aromatic heterocycles. The normalized spacial score (nSPS) is 20.9. The van der Waals surface area contributed by atoms with Gasteiger partial charge in [-0.1, -0.05) is 12.5 Å². The molecule has 1 saturated heterocycles. The summed E-state index contributed by atoms with van der Waals surface area (Å²) in [6.07, 6.45) is 5.99. The number of nitrogens with one attached hydrogen (secondary N) is 1. The molecule has 3 heteroatoms. The van der Waals surface area contributed by atoms with E-state index in [1.165, 1.54) is 36.2 Å². The molecule has 0 aliphatic carbocycles. The van der Waals surface area contributed by atoms with Gasteiger partial charge in [-0.25, -0.2) is 4.98 Å². The number of aryl methyl sites for hydroxylation is 2. The molecule has 2 aromatic rings. The van der Waals surface area contributed by atoms with Crippen LogP contribution < -0.4 is 5.32 Å². The molecule has 1 aliphatic rings. The Hall–Kier alpha value is -1.35. The Morgan fingerprint density at radius 2 is 2.18 bits per heavy atom. The highest BCUT2D eigenvalue weighted by molar-refractivity contribution is 5.45. The van der Waals surface area contributed by atoms with E-state index in [-0.39, 0.29) is 0 Å². The maximum Gasteiger partial charge on any atom is 0.137 e. The predicted molar refractivity (Wildman–Crippen MR) is 69.3 cm³/mol. The van der Waals surface area contributed by atoms with Gasteiger partial charge in [-0.3, -0.25) is 0 Å². The van der Waals surface area contributed by atoms with Crippen LogP contribution in [0.5, 0.6) is 0 Å². The molecule has 1 unspecified atom stereocenters. The lowest BCUT2D eigenvalue weighted by molar-refractivity contribution is 0.405. The summed E-state index contributed by atoms with van der Waals surface area (Å²) in [6.45, 7) is 5.42. The average molecular weight is 229 g/mol. The molecular formula is C14H19N3. The summed E-state index contributed by atoms with van der Waals surface area (Å²) >= 11 is 0. The molecule has 0 bridgehead atoms. The minimum absolute atomic E-state index is 0.448. The van der Waals surface area contributed by atoms with Gasteiger partial charge >= 0.3 is 0 Å². The maximum atomic E-state index is 4.78. The smallest absolute Gasteiger partial charge is 0.137 e. The Kier molecular flexibility index (Phi) is 2.63. The van der Waals surface area contributed by atoms with Crippen LogP contribution >= 0.6 is 0 Å². The summed E-state index contributed by atoms with van der Waals surface area (Å²) in [5.41, 5.74) is 4.86. The van der Waals surface area contributed by atoms with Gasteiger partial charge in [-0.05, 0) is 44.9 Å². The standard InChI is InChI=1S/C14H19N3/c1-10-6-7-13-16-14(11(2)17(13)9-10)12-5-3-4-8-15-12/h6-7,9,12,15H,3-5,8H2,1-2H3. The quantitative estimate of drug-likeness (QED) is 0.814. The minimum atomic E-state index is 0.448. The van der Waals surface area contributed by atoms with Gasteiger partial charge in [-0.15, -0.1) is 0 Å². The zero-order chi connectivity index (χ0) is 11.8. The van der Waals surface area contributed by atoms with Gasteiger partial charge in [0.05, 0.1) is 11.7 Å². The topological polar surface area (TPSA) is 29.3 Å². The summed E-state index contributed by atoms with van der Waals surface area (Å²) in [6, 6.07) is 4.68. The second-order valence-electron chi connectivity index (χ2n) is 5.02. The molecule has 1 N–H and O–H groups in total. The second-order valence-corrected chi connectivity index (χ2v) is 5.02. The monoisotopic (exact) mass is 229 g/mol. The number of rotatable bonds is 1. The van der Waals surface area contributed by atoms with Crippen molar-refractivity contribution in [3.8, 4) is 0 Å². The van der Waals surface area contributed by atoms with E-state index < -0.39 is 0 Å². The Balaban J connectivity index is 2.07. The Morgan fingerprint density at radius 3 is 2.94 bits per heavy atom. The summed E-state index contributed by atoms with van der Waals surface area (Å²) in [4.78, 5) is 4.78. The van der Waals surface area contributed by atoms with Gasteiger partial charge < -0.3 is 9.72 Å². The summed E-state index contributed by atoms with van der Waals surface area (Å²) in [5, 5.41) is 3.58. The molecule has 1 fully saturated rings. The van der Waals surface area contributed by atoms with Crippen LogP contribution in [0.4, 0.5) is 0 Å². The van der Waals surface area contributed by atoms with E-state index >= 15 is 0 Å². The molecule has 3 nitrogen and oxygen atoms in total.